The average molecular weight is 251 g/mol. The van der Waals surface area contributed by atoms with E-state index in [1.165, 1.54) is 22.0 Å². The molecule has 0 unspecified atom stereocenters. The van der Waals surface area contributed by atoms with Gasteiger partial charge in [-0.25, -0.2) is 0 Å². The van der Waals surface area contributed by atoms with Crippen molar-refractivity contribution in [1.29, 1.82) is 0 Å². The zero-order valence-electron chi connectivity index (χ0n) is 11.2. The zero-order valence-corrected chi connectivity index (χ0v) is 11.2. The smallest absolute Gasteiger partial charge is 0.121 e. The van der Waals surface area contributed by atoms with E-state index >= 15 is 0 Å². The molecule has 19 heavy (non-hydrogen) atoms. The first-order chi connectivity index (χ1) is 9.15. The van der Waals surface area contributed by atoms with E-state index in [1.54, 1.807) is 0 Å². The van der Waals surface area contributed by atoms with Crippen LogP contribution in [0.4, 0.5) is 0 Å². The summed E-state index contributed by atoms with van der Waals surface area (Å²) >= 11 is 0. The lowest BCUT2D eigenvalue weighted by Crippen LogP contribution is -1.90. The fourth-order valence-electron chi connectivity index (χ4n) is 2.65. The Labute approximate surface area is 112 Å². The minimum atomic E-state index is 0.405. The Bertz CT molecular complexity index is 717. The van der Waals surface area contributed by atoms with Crippen molar-refractivity contribution < 1.29 is 5.11 Å². The van der Waals surface area contributed by atoms with E-state index in [0.29, 0.717) is 5.75 Å². The van der Waals surface area contributed by atoms with Crippen molar-refractivity contribution in [3.63, 3.8) is 0 Å². The van der Waals surface area contributed by atoms with E-state index in [9.17, 15) is 5.11 Å². The number of fused-ring (bicyclic) bond motifs is 1. The molecule has 2 heteroatoms. The van der Waals surface area contributed by atoms with Crippen LogP contribution in [-0.2, 0) is 6.42 Å². The Morgan fingerprint density at radius 2 is 1.74 bits per heavy atom. The molecule has 0 aliphatic rings. The average Bonchev–Trinajstić information content (AvgIpc) is 2.79. The van der Waals surface area contributed by atoms with Gasteiger partial charge in [-0.2, -0.15) is 0 Å². The number of phenolic OH excluding ortho intramolecular Hbond substituents is 1. The number of aromatic hydroxyl groups is 1. The highest BCUT2D eigenvalue weighted by molar-refractivity contribution is 5.83. The van der Waals surface area contributed by atoms with E-state index in [0.717, 1.165) is 17.5 Å². The highest BCUT2D eigenvalue weighted by atomic mass is 16.3. The van der Waals surface area contributed by atoms with Crippen LogP contribution in [0, 0.1) is 13.8 Å². The van der Waals surface area contributed by atoms with Crippen molar-refractivity contribution in [3.8, 4) is 5.75 Å². The number of aromatic nitrogens is 1. The molecule has 2 aromatic carbocycles. The van der Waals surface area contributed by atoms with E-state index < -0.39 is 0 Å². The van der Waals surface area contributed by atoms with Crippen LogP contribution in [0.2, 0.25) is 0 Å². The van der Waals surface area contributed by atoms with Crippen LogP contribution in [-0.4, -0.2) is 10.1 Å². The van der Waals surface area contributed by atoms with Crippen molar-refractivity contribution in [1.82, 2.24) is 4.98 Å². The normalized spacial score (nSPS) is 11.1. The fraction of sp³-hybridized carbons (Fsp3) is 0.176. The molecule has 0 aliphatic carbocycles. The third kappa shape index (κ3) is 2.10. The number of phenols is 1. The summed E-state index contributed by atoms with van der Waals surface area (Å²) in [4.78, 5) is 3.30. The fourth-order valence-corrected chi connectivity index (χ4v) is 2.65. The third-order valence-corrected chi connectivity index (χ3v) is 3.62. The predicted octanol–water partition coefficient (Wildman–Crippen LogP) is 4.08. The van der Waals surface area contributed by atoms with E-state index in [1.807, 2.05) is 19.9 Å². The molecule has 0 radical (unpaired) electrons. The number of rotatable bonds is 2. The maximum Gasteiger partial charge on any atom is 0.121 e. The number of aryl methyl sites for hydroxylation is 2. The van der Waals surface area contributed by atoms with Gasteiger partial charge in [-0.3, -0.25) is 0 Å². The summed E-state index contributed by atoms with van der Waals surface area (Å²) in [7, 11) is 0. The minimum absolute atomic E-state index is 0.405. The van der Waals surface area contributed by atoms with Gasteiger partial charge in [0.15, 0.2) is 0 Å². The topological polar surface area (TPSA) is 36.0 Å². The van der Waals surface area contributed by atoms with Crippen molar-refractivity contribution in [3.05, 3.63) is 64.8 Å². The Balaban J connectivity index is 2.01. The lowest BCUT2D eigenvalue weighted by Gasteiger charge is -2.07. The van der Waals surface area contributed by atoms with Crippen LogP contribution in [0.1, 0.15) is 22.3 Å². The Morgan fingerprint density at radius 1 is 1.05 bits per heavy atom. The molecule has 0 atom stereocenters. The number of hydrogen-bond acceptors (Lipinski definition) is 1. The molecule has 1 aromatic heterocycles. The van der Waals surface area contributed by atoms with Crippen molar-refractivity contribution in [2.45, 2.75) is 20.3 Å². The first kappa shape index (κ1) is 11.8. The molecule has 1 heterocycles. The highest BCUT2D eigenvalue weighted by Gasteiger charge is 2.07. The quantitative estimate of drug-likeness (QED) is 0.707. The maximum atomic E-state index is 9.82. The number of aromatic amines is 1. The summed E-state index contributed by atoms with van der Waals surface area (Å²) in [5.41, 5.74) is 5.58. The van der Waals surface area contributed by atoms with E-state index in [2.05, 4.69) is 41.5 Å². The molecule has 2 nitrogen and oxygen atoms in total. The van der Waals surface area contributed by atoms with Gasteiger partial charge in [0.25, 0.3) is 0 Å². The second-order valence-corrected chi connectivity index (χ2v) is 5.11. The predicted molar refractivity (Wildman–Crippen MR) is 78.7 cm³/mol. The van der Waals surface area contributed by atoms with Gasteiger partial charge in [0.05, 0.1) is 0 Å². The van der Waals surface area contributed by atoms with E-state index in [-0.39, 0.29) is 0 Å². The molecule has 2 N–H and O–H groups in total. The molecule has 0 amide bonds. The molecule has 3 aromatic rings. The van der Waals surface area contributed by atoms with Crippen LogP contribution >= 0.6 is 0 Å². The summed E-state index contributed by atoms with van der Waals surface area (Å²) in [6.45, 7) is 3.89. The summed E-state index contributed by atoms with van der Waals surface area (Å²) in [5, 5.41) is 11.1. The van der Waals surface area contributed by atoms with Crippen molar-refractivity contribution in [2.75, 3.05) is 0 Å². The molecule has 0 saturated heterocycles. The number of para-hydroxylation sites is 1. The van der Waals surface area contributed by atoms with Gasteiger partial charge in [-0.15, -0.1) is 0 Å². The number of benzene rings is 2. The number of hydrogen-bond donors (Lipinski definition) is 2. The summed E-state index contributed by atoms with van der Waals surface area (Å²) in [6.07, 6.45) is 2.95. The summed E-state index contributed by atoms with van der Waals surface area (Å²) < 4.78 is 0. The molecule has 0 spiro atoms. The molecule has 0 bridgehead atoms. The van der Waals surface area contributed by atoms with Gasteiger partial charge in [0, 0.05) is 17.1 Å². The molecule has 0 saturated carbocycles. The van der Waals surface area contributed by atoms with E-state index in [4.69, 9.17) is 0 Å². The van der Waals surface area contributed by atoms with Gasteiger partial charge in [-0.1, -0.05) is 30.3 Å². The Morgan fingerprint density at radius 3 is 2.47 bits per heavy atom. The largest absolute Gasteiger partial charge is 0.507 e. The molecular weight excluding hydrogens is 234 g/mol. The van der Waals surface area contributed by atoms with Crippen LogP contribution < -0.4 is 0 Å². The third-order valence-electron chi connectivity index (χ3n) is 3.62. The second-order valence-electron chi connectivity index (χ2n) is 5.11. The summed E-state index contributed by atoms with van der Waals surface area (Å²) in [5.74, 6) is 0.405. The molecule has 3 rings (SSSR count). The number of H-pyrrole nitrogens is 1. The van der Waals surface area contributed by atoms with Gasteiger partial charge in [-0.05, 0) is 48.6 Å². The minimum Gasteiger partial charge on any atom is -0.507 e. The Kier molecular flexibility index (Phi) is 2.79. The van der Waals surface area contributed by atoms with Crippen LogP contribution in [0.25, 0.3) is 10.9 Å². The lowest BCUT2D eigenvalue weighted by molar-refractivity contribution is 0.466. The summed E-state index contributed by atoms with van der Waals surface area (Å²) in [6, 6.07) is 12.5. The first-order valence-electron chi connectivity index (χ1n) is 6.49. The zero-order chi connectivity index (χ0) is 13.4. The van der Waals surface area contributed by atoms with Crippen molar-refractivity contribution >= 4 is 10.9 Å². The second kappa shape index (κ2) is 4.47. The van der Waals surface area contributed by atoms with Crippen LogP contribution in [0.5, 0.6) is 5.75 Å². The Hall–Kier alpha value is -2.22. The first-order valence-corrected chi connectivity index (χ1v) is 6.49. The molecule has 0 fully saturated rings. The molecule has 0 aliphatic heterocycles. The maximum absolute atomic E-state index is 9.82. The highest BCUT2D eigenvalue weighted by Crippen LogP contribution is 2.26. The van der Waals surface area contributed by atoms with Crippen LogP contribution in [0.15, 0.2) is 42.6 Å². The van der Waals surface area contributed by atoms with Crippen LogP contribution in [0.3, 0.4) is 0 Å². The standard InChI is InChI=1S/C17H17NO/c1-11-7-13(8-12(2)17(11)19)9-14-10-18-16-6-4-3-5-15(14)16/h3-8,10,18-19H,9H2,1-2H3. The van der Waals surface area contributed by atoms with Gasteiger partial charge >= 0.3 is 0 Å². The molecular formula is C17H17NO. The van der Waals surface area contributed by atoms with Gasteiger partial charge in [0.2, 0.25) is 0 Å². The molecule has 96 valence electrons. The van der Waals surface area contributed by atoms with Gasteiger partial charge < -0.3 is 10.1 Å². The lowest BCUT2D eigenvalue weighted by atomic mass is 9.99. The van der Waals surface area contributed by atoms with Crippen molar-refractivity contribution in [2.24, 2.45) is 0 Å². The SMILES string of the molecule is Cc1cc(Cc2c[nH]c3ccccc23)cc(C)c1O. The van der Waals surface area contributed by atoms with Gasteiger partial charge in [0.1, 0.15) is 5.75 Å². The monoisotopic (exact) mass is 251 g/mol. The number of nitrogens with one attached hydrogen (secondary N) is 1.